The molecule has 74 valence electrons. The van der Waals surface area contributed by atoms with E-state index in [0.717, 1.165) is 0 Å². The summed E-state index contributed by atoms with van der Waals surface area (Å²) >= 11 is 0. The van der Waals surface area contributed by atoms with Gasteiger partial charge < -0.3 is 15.4 Å². The summed E-state index contributed by atoms with van der Waals surface area (Å²) in [7, 11) is 0. The molecule has 0 saturated carbocycles. The summed E-state index contributed by atoms with van der Waals surface area (Å²) in [5.41, 5.74) is 4.27. The Morgan fingerprint density at radius 2 is 2.21 bits per heavy atom. The summed E-state index contributed by atoms with van der Waals surface area (Å²) in [6.45, 7) is -0.382. The van der Waals surface area contributed by atoms with Gasteiger partial charge in [-0.2, -0.15) is 0 Å². The maximum absolute atomic E-state index is 10.8. The fourth-order valence-corrected chi connectivity index (χ4v) is 0.691. The zero-order valence-electron chi connectivity index (χ0n) is 6.39. The molecule has 14 heavy (non-hydrogen) atoms. The summed E-state index contributed by atoms with van der Waals surface area (Å²) in [6, 6.07) is -1.28. The van der Waals surface area contributed by atoms with Crippen LogP contribution < -0.4 is 17.2 Å². The van der Waals surface area contributed by atoms with Gasteiger partial charge in [-0.15, -0.1) is 4.74 Å². The third-order valence-electron chi connectivity index (χ3n) is 1.31. The first-order chi connectivity index (χ1) is 6.00. The van der Waals surface area contributed by atoms with Gasteiger partial charge in [0.15, 0.2) is 0 Å². The third-order valence-corrected chi connectivity index (χ3v) is 1.31. The van der Waals surface area contributed by atoms with E-state index in [1.54, 1.807) is 4.98 Å². The molecule has 0 bridgehead atoms. The van der Waals surface area contributed by atoms with Crippen molar-refractivity contribution in [1.82, 2.24) is 9.72 Å². The Morgan fingerprint density at radius 1 is 1.64 bits per heavy atom. The molecule has 9 heteroatoms. The summed E-state index contributed by atoms with van der Waals surface area (Å²) < 4.78 is 4.84. The van der Waals surface area contributed by atoms with Crippen LogP contribution >= 0.6 is 0 Å². The van der Waals surface area contributed by atoms with Crippen LogP contribution in [0.4, 0.5) is 0 Å². The second kappa shape index (κ2) is 5.63. The number of carboxylic acids is 1. The van der Waals surface area contributed by atoms with E-state index < -0.39 is 23.5 Å². The quantitative estimate of drug-likeness (QED) is 0.470. The van der Waals surface area contributed by atoms with Crippen LogP contribution in [0.5, 0.6) is 0 Å². The molecular weight excluding hydrogens is 221 g/mol. The second-order valence-corrected chi connectivity index (χ2v) is 2.31. The standard InChI is InChI=1S/C5H7N3O5.K.H/c6-2(3(9)10)1-8-4(11)7-5(12)13-8;;/h2H,1,6H2,(H,9,10)(H,7,11,12);;. The number of H-pyrrole nitrogens is 1. The van der Waals surface area contributed by atoms with Crippen LogP contribution in [0.1, 0.15) is 0 Å². The van der Waals surface area contributed by atoms with Gasteiger partial charge >= 0.3 is 68.8 Å². The SMILES string of the molecule is NC(Cn1oc(=O)[nH]c1=O)C(=O)O.[KH]. The number of nitrogens with zero attached hydrogens (tertiary/aromatic N) is 1. The summed E-state index contributed by atoms with van der Waals surface area (Å²) in [5.74, 6) is -2.22. The average molecular weight is 229 g/mol. The molecule has 0 aliphatic heterocycles. The van der Waals surface area contributed by atoms with Gasteiger partial charge in [0.2, 0.25) is 0 Å². The molecule has 0 fully saturated rings. The van der Waals surface area contributed by atoms with Crippen molar-refractivity contribution in [3.05, 3.63) is 21.0 Å². The fraction of sp³-hybridized carbons (Fsp3) is 0.400. The van der Waals surface area contributed by atoms with E-state index >= 15 is 0 Å². The van der Waals surface area contributed by atoms with Crippen LogP contribution in [0.3, 0.4) is 0 Å². The molecule has 8 nitrogen and oxygen atoms in total. The molecule has 0 spiro atoms. The van der Waals surface area contributed by atoms with E-state index in [9.17, 15) is 14.4 Å². The molecule has 1 heterocycles. The first-order valence-corrected chi connectivity index (χ1v) is 3.29. The number of aliphatic carboxylic acids is 1. The van der Waals surface area contributed by atoms with E-state index in [4.69, 9.17) is 10.8 Å². The van der Waals surface area contributed by atoms with E-state index in [1.165, 1.54) is 0 Å². The molecule has 0 radical (unpaired) electrons. The summed E-state index contributed by atoms with van der Waals surface area (Å²) in [4.78, 5) is 33.2. The Morgan fingerprint density at radius 3 is 2.57 bits per heavy atom. The van der Waals surface area contributed by atoms with Gasteiger partial charge in [-0.05, 0) is 0 Å². The second-order valence-electron chi connectivity index (χ2n) is 2.31. The molecule has 1 aromatic rings. The maximum atomic E-state index is 10.8. The number of aromatic amines is 1. The third kappa shape index (κ3) is 3.51. The van der Waals surface area contributed by atoms with E-state index in [2.05, 4.69) is 4.52 Å². The minimum atomic E-state index is -1.28. The first-order valence-electron chi connectivity index (χ1n) is 3.29. The number of rotatable bonds is 3. The van der Waals surface area contributed by atoms with Gasteiger partial charge in [0.1, 0.15) is 6.04 Å². The van der Waals surface area contributed by atoms with E-state index in [1.807, 2.05) is 0 Å². The molecule has 1 atom stereocenters. The van der Waals surface area contributed by atoms with Gasteiger partial charge in [0.05, 0.1) is 6.54 Å². The predicted octanol–water partition coefficient (Wildman–Crippen LogP) is -3.11. The van der Waals surface area contributed by atoms with Crippen molar-refractivity contribution in [3.8, 4) is 0 Å². The Labute approximate surface area is 119 Å². The number of nitrogens with two attached hydrogens (primary N) is 1. The molecule has 4 N–H and O–H groups in total. The van der Waals surface area contributed by atoms with Gasteiger partial charge in [-0.3, -0.25) is 4.79 Å². The van der Waals surface area contributed by atoms with Crippen molar-refractivity contribution >= 4 is 57.4 Å². The van der Waals surface area contributed by atoms with Gasteiger partial charge in [0, 0.05) is 0 Å². The minimum absolute atomic E-state index is 0. The Kier molecular flexibility index (Phi) is 5.55. The van der Waals surface area contributed by atoms with Gasteiger partial charge in [0.25, 0.3) is 0 Å². The first kappa shape index (κ1) is 13.8. The van der Waals surface area contributed by atoms with E-state index in [-0.39, 0.29) is 57.9 Å². The molecule has 1 unspecified atom stereocenters. The fourth-order valence-electron chi connectivity index (χ4n) is 0.691. The average Bonchev–Trinajstić information content (AvgIpc) is 2.30. The molecule has 0 aromatic carbocycles. The Balaban J connectivity index is 0.00000169. The molecule has 1 aromatic heterocycles. The predicted molar refractivity (Wildman–Crippen MR) is 46.3 cm³/mol. The molecule has 1 rings (SSSR count). The number of carboxylic acid groups (broad SMARTS) is 1. The van der Waals surface area contributed by atoms with Gasteiger partial charge in [-0.25, -0.2) is 14.6 Å². The summed E-state index contributed by atoms with van der Waals surface area (Å²) in [5, 5.41) is 8.37. The van der Waals surface area contributed by atoms with Crippen LogP contribution in [-0.4, -0.2) is 78.2 Å². The number of hydrogen-bond donors (Lipinski definition) is 3. The van der Waals surface area contributed by atoms with Crippen LogP contribution in [0.15, 0.2) is 14.1 Å². The number of hydrogen-bond acceptors (Lipinski definition) is 5. The zero-order valence-corrected chi connectivity index (χ0v) is 6.39. The molecule has 0 aliphatic rings. The zero-order chi connectivity index (χ0) is 10.0. The Hall–Kier alpha value is -0.194. The van der Waals surface area contributed by atoms with Crippen molar-refractivity contribution in [1.29, 1.82) is 0 Å². The normalized spacial score (nSPS) is 11.8. The molecular formula is C5H8KN3O5. The molecule has 0 saturated heterocycles. The Bertz CT molecular complexity index is 417. The number of nitrogens with one attached hydrogen (secondary N) is 1. The molecule has 0 aliphatic carbocycles. The van der Waals surface area contributed by atoms with Crippen molar-refractivity contribution in [3.63, 3.8) is 0 Å². The number of aromatic nitrogens is 2. The summed E-state index contributed by atoms with van der Waals surface area (Å²) in [6.07, 6.45) is 0. The van der Waals surface area contributed by atoms with Crippen LogP contribution in [0.25, 0.3) is 0 Å². The van der Waals surface area contributed by atoms with Crippen LogP contribution in [0.2, 0.25) is 0 Å². The van der Waals surface area contributed by atoms with Crippen LogP contribution in [-0.2, 0) is 11.3 Å². The van der Waals surface area contributed by atoms with Crippen molar-refractivity contribution in [2.24, 2.45) is 5.73 Å². The monoisotopic (exact) mass is 229 g/mol. The van der Waals surface area contributed by atoms with Crippen LogP contribution in [0, 0.1) is 0 Å². The number of carbonyl (C=O) groups is 1. The van der Waals surface area contributed by atoms with E-state index in [0.29, 0.717) is 4.74 Å². The molecule has 0 amide bonds. The van der Waals surface area contributed by atoms with Crippen molar-refractivity contribution in [2.45, 2.75) is 12.6 Å². The van der Waals surface area contributed by atoms with Gasteiger partial charge in [-0.1, -0.05) is 0 Å². The van der Waals surface area contributed by atoms with Crippen molar-refractivity contribution < 1.29 is 14.4 Å². The topological polar surface area (TPSA) is 131 Å². The van der Waals surface area contributed by atoms with Crippen molar-refractivity contribution in [2.75, 3.05) is 0 Å².